The molecule has 7 heteroatoms. The zero-order valence-electron chi connectivity index (χ0n) is 20.7. The van der Waals surface area contributed by atoms with Crippen molar-refractivity contribution in [3.63, 3.8) is 0 Å². The van der Waals surface area contributed by atoms with E-state index in [2.05, 4.69) is 32.8 Å². The first-order chi connectivity index (χ1) is 18.0. The Kier molecular flexibility index (Phi) is 7.12. The van der Waals surface area contributed by atoms with Crippen molar-refractivity contribution in [1.29, 1.82) is 0 Å². The Labute approximate surface area is 215 Å². The van der Waals surface area contributed by atoms with E-state index < -0.39 is 11.6 Å². The number of ether oxygens (including phenoxy) is 1. The molecule has 0 aliphatic carbocycles. The predicted octanol–water partition coefficient (Wildman–Crippen LogP) is 6.88. The molecular weight excluding hydrogens is 470 g/mol. The minimum absolute atomic E-state index is 0.247. The summed E-state index contributed by atoms with van der Waals surface area (Å²) in [4.78, 5) is 11.4. The molecule has 0 saturated carbocycles. The van der Waals surface area contributed by atoms with Crippen LogP contribution in [0.5, 0.6) is 11.5 Å². The largest absolute Gasteiger partial charge is 0.457 e. The highest BCUT2D eigenvalue weighted by molar-refractivity contribution is 5.68. The predicted molar refractivity (Wildman–Crippen MR) is 142 cm³/mol. The lowest BCUT2D eigenvalue weighted by molar-refractivity contribution is 0.478. The van der Waals surface area contributed by atoms with Crippen LogP contribution >= 0.6 is 0 Å². The number of rotatable bonds is 8. The van der Waals surface area contributed by atoms with Crippen molar-refractivity contribution in [2.75, 3.05) is 18.0 Å². The standard InChI is InChI=1S/C30H28F2N4O/c1-20-27(21(2)35-19-22-14-24(31)17-25(32)15-22)6-5-7-29(20)37-26-9-11-33-28(18-26)23-8-10-34-30(16-23)36-12-3-4-13-36/h5-11,14-18,35H,2-4,12-13,19H2,1H3. The van der Waals surface area contributed by atoms with Crippen LogP contribution in [-0.4, -0.2) is 23.1 Å². The minimum atomic E-state index is -0.607. The third kappa shape index (κ3) is 5.77. The number of halogens is 2. The summed E-state index contributed by atoms with van der Waals surface area (Å²) < 4.78 is 33.3. The van der Waals surface area contributed by atoms with E-state index in [9.17, 15) is 8.78 Å². The maximum atomic E-state index is 13.5. The Morgan fingerprint density at radius 2 is 1.73 bits per heavy atom. The van der Waals surface area contributed by atoms with Crippen LogP contribution < -0.4 is 15.0 Å². The van der Waals surface area contributed by atoms with Crippen molar-refractivity contribution in [2.45, 2.75) is 26.3 Å². The van der Waals surface area contributed by atoms with Crippen molar-refractivity contribution in [3.8, 4) is 22.8 Å². The maximum Gasteiger partial charge on any atom is 0.131 e. The second kappa shape index (κ2) is 10.8. The van der Waals surface area contributed by atoms with Gasteiger partial charge in [0, 0.05) is 66.5 Å². The van der Waals surface area contributed by atoms with Gasteiger partial charge in [0.15, 0.2) is 0 Å². The van der Waals surface area contributed by atoms with Crippen LogP contribution in [0.25, 0.3) is 17.0 Å². The number of anilines is 1. The highest BCUT2D eigenvalue weighted by Crippen LogP contribution is 2.32. The lowest BCUT2D eigenvalue weighted by Gasteiger charge is -2.17. The number of aromatic nitrogens is 2. The summed E-state index contributed by atoms with van der Waals surface area (Å²) in [6.45, 7) is 8.37. The number of nitrogens with one attached hydrogen (secondary N) is 1. The fraction of sp³-hybridized carbons (Fsp3) is 0.200. The molecule has 0 spiro atoms. The van der Waals surface area contributed by atoms with Gasteiger partial charge in [-0.1, -0.05) is 18.7 Å². The number of hydrogen-bond acceptors (Lipinski definition) is 5. The summed E-state index contributed by atoms with van der Waals surface area (Å²) >= 11 is 0. The molecule has 2 aromatic carbocycles. The molecule has 1 fully saturated rings. The summed E-state index contributed by atoms with van der Waals surface area (Å²) in [7, 11) is 0. The van der Waals surface area contributed by atoms with E-state index in [0.717, 1.165) is 47.4 Å². The molecular formula is C30H28F2N4O. The van der Waals surface area contributed by atoms with Crippen LogP contribution in [0, 0.1) is 18.6 Å². The van der Waals surface area contributed by atoms with Crippen LogP contribution in [0.1, 0.15) is 29.5 Å². The number of benzene rings is 2. The van der Waals surface area contributed by atoms with Crippen LogP contribution in [0.2, 0.25) is 0 Å². The molecule has 1 aliphatic heterocycles. The molecule has 4 aromatic rings. The van der Waals surface area contributed by atoms with Gasteiger partial charge in [0.25, 0.3) is 0 Å². The Bertz CT molecular complexity index is 1410. The van der Waals surface area contributed by atoms with Crippen LogP contribution in [0.3, 0.4) is 0 Å². The second-order valence-electron chi connectivity index (χ2n) is 9.11. The van der Waals surface area contributed by atoms with E-state index in [4.69, 9.17) is 4.74 Å². The summed E-state index contributed by atoms with van der Waals surface area (Å²) in [6, 6.07) is 16.9. The molecule has 3 heterocycles. The smallest absolute Gasteiger partial charge is 0.131 e. The first-order valence-corrected chi connectivity index (χ1v) is 12.3. The van der Waals surface area contributed by atoms with Gasteiger partial charge in [-0.3, -0.25) is 4.98 Å². The van der Waals surface area contributed by atoms with E-state index >= 15 is 0 Å². The zero-order valence-corrected chi connectivity index (χ0v) is 20.7. The molecule has 5 rings (SSSR count). The number of hydrogen-bond donors (Lipinski definition) is 1. The van der Waals surface area contributed by atoms with E-state index in [1.165, 1.54) is 25.0 Å². The van der Waals surface area contributed by atoms with Crippen LogP contribution in [0.4, 0.5) is 14.6 Å². The molecule has 2 aromatic heterocycles. The summed E-state index contributed by atoms with van der Waals surface area (Å²) in [5, 5.41) is 3.16. The van der Waals surface area contributed by atoms with Gasteiger partial charge in [0.1, 0.15) is 29.0 Å². The Balaban J connectivity index is 1.31. The Morgan fingerprint density at radius 3 is 2.51 bits per heavy atom. The lowest BCUT2D eigenvalue weighted by atomic mass is 10.0. The third-order valence-corrected chi connectivity index (χ3v) is 6.47. The monoisotopic (exact) mass is 498 g/mol. The molecule has 5 nitrogen and oxygen atoms in total. The van der Waals surface area contributed by atoms with E-state index in [1.54, 1.807) is 6.20 Å². The molecule has 0 unspecified atom stereocenters. The molecule has 188 valence electrons. The Hall–Kier alpha value is -4.26. The van der Waals surface area contributed by atoms with Crippen molar-refractivity contribution < 1.29 is 13.5 Å². The molecule has 1 saturated heterocycles. The van der Waals surface area contributed by atoms with Gasteiger partial charge in [-0.2, -0.15) is 0 Å². The van der Waals surface area contributed by atoms with Crippen molar-refractivity contribution in [3.05, 3.63) is 108 Å². The van der Waals surface area contributed by atoms with Crippen molar-refractivity contribution in [1.82, 2.24) is 15.3 Å². The Morgan fingerprint density at radius 1 is 0.973 bits per heavy atom. The molecule has 37 heavy (non-hydrogen) atoms. The van der Waals surface area contributed by atoms with E-state index in [1.807, 2.05) is 49.5 Å². The van der Waals surface area contributed by atoms with E-state index in [-0.39, 0.29) is 6.54 Å². The van der Waals surface area contributed by atoms with Crippen LogP contribution in [-0.2, 0) is 6.54 Å². The van der Waals surface area contributed by atoms with Crippen molar-refractivity contribution >= 4 is 11.5 Å². The molecule has 0 atom stereocenters. The number of pyridine rings is 2. The SMILES string of the molecule is C=C(NCc1cc(F)cc(F)c1)c1cccc(Oc2ccnc(-c3ccnc(N4CCCC4)c3)c2)c1C. The topological polar surface area (TPSA) is 50.3 Å². The highest BCUT2D eigenvalue weighted by Gasteiger charge is 2.15. The van der Waals surface area contributed by atoms with Crippen LogP contribution in [0.15, 0.2) is 79.6 Å². The highest BCUT2D eigenvalue weighted by atomic mass is 19.1. The zero-order chi connectivity index (χ0) is 25.8. The first-order valence-electron chi connectivity index (χ1n) is 12.3. The molecule has 0 radical (unpaired) electrons. The lowest BCUT2D eigenvalue weighted by Crippen LogP contribution is -2.18. The van der Waals surface area contributed by atoms with E-state index in [0.29, 0.717) is 22.8 Å². The summed E-state index contributed by atoms with van der Waals surface area (Å²) in [6.07, 6.45) is 5.94. The average molecular weight is 499 g/mol. The minimum Gasteiger partial charge on any atom is -0.457 e. The number of nitrogens with zero attached hydrogens (tertiary/aromatic N) is 3. The van der Waals surface area contributed by atoms with Gasteiger partial charge in [-0.15, -0.1) is 0 Å². The van der Waals surface area contributed by atoms with Gasteiger partial charge < -0.3 is 15.0 Å². The average Bonchev–Trinajstić information content (AvgIpc) is 3.44. The van der Waals surface area contributed by atoms with Gasteiger partial charge in [0.05, 0.1) is 5.69 Å². The fourth-order valence-electron chi connectivity index (χ4n) is 4.53. The molecule has 0 bridgehead atoms. The maximum absolute atomic E-state index is 13.5. The van der Waals surface area contributed by atoms with Gasteiger partial charge >= 0.3 is 0 Å². The molecule has 0 amide bonds. The quantitative estimate of drug-likeness (QED) is 0.287. The van der Waals surface area contributed by atoms with Gasteiger partial charge in [0.2, 0.25) is 0 Å². The van der Waals surface area contributed by atoms with Crippen molar-refractivity contribution in [2.24, 2.45) is 0 Å². The summed E-state index contributed by atoms with van der Waals surface area (Å²) in [5.74, 6) is 1.11. The van der Waals surface area contributed by atoms with Gasteiger partial charge in [-0.25, -0.2) is 13.8 Å². The second-order valence-corrected chi connectivity index (χ2v) is 9.11. The van der Waals surface area contributed by atoms with Gasteiger partial charge in [-0.05, 0) is 61.7 Å². The summed E-state index contributed by atoms with van der Waals surface area (Å²) in [5.41, 5.74) is 4.67. The molecule has 1 N–H and O–H groups in total. The third-order valence-electron chi connectivity index (χ3n) is 6.47. The first kappa shape index (κ1) is 24.4. The molecule has 1 aliphatic rings. The fourth-order valence-corrected chi connectivity index (χ4v) is 4.53. The normalized spacial score (nSPS) is 13.0.